The Hall–Kier alpha value is -0.0900. The summed E-state index contributed by atoms with van der Waals surface area (Å²) in [5.41, 5.74) is 0. The quantitative estimate of drug-likeness (QED) is 0.649. The molecule has 0 saturated carbocycles. The molecule has 1 N–H and O–H groups in total. The summed E-state index contributed by atoms with van der Waals surface area (Å²) in [5.74, 6) is 0.201. The summed E-state index contributed by atoms with van der Waals surface area (Å²) in [6.45, 7) is 4.00. The third-order valence-electron chi connectivity index (χ3n) is 0.674. The lowest BCUT2D eigenvalue weighted by molar-refractivity contribution is 0.565. The van der Waals surface area contributed by atoms with Gasteiger partial charge in [0.05, 0.1) is 6.26 Å². The van der Waals surface area contributed by atoms with E-state index in [2.05, 4.69) is 0 Å². The fourth-order valence-corrected chi connectivity index (χ4v) is 0.853. The van der Waals surface area contributed by atoms with Crippen LogP contribution in [-0.4, -0.2) is 21.2 Å². The van der Waals surface area contributed by atoms with E-state index in [0.29, 0.717) is 4.72 Å². The van der Waals surface area contributed by atoms with Gasteiger partial charge in [-0.15, -0.1) is 0 Å². The molecule has 0 rings (SSSR count). The second kappa shape index (κ2) is 3.17. The van der Waals surface area contributed by atoms with Crippen molar-refractivity contribution in [1.82, 2.24) is 4.72 Å². The van der Waals surface area contributed by atoms with Crippen LogP contribution in [0.2, 0.25) is 1.41 Å². The molecule has 0 bridgehead atoms. The van der Waals surface area contributed by atoms with E-state index in [1.165, 1.54) is 0 Å². The highest BCUT2D eigenvalue weighted by molar-refractivity contribution is 7.88. The first kappa shape index (κ1) is 5.68. The van der Waals surface area contributed by atoms with Crippen molar-refractivity contribution in [3.8, 4) is 0 Å². The molecule has 0 aliphatic heterocycles. The van der Waals surface area contributed by atoms with E-state index in [1.807, 2.05) is 13.8 Å². The van der Waals surface area contributed by atoms with Crippen LogP contribution in [-0.2, 0) is 10.0 Å². The number of nitrogens with one attached hydrogen (secondary N) is 1. The number of sulfonamides is 1. The molecule has 0 amide bonds. The maximum atomic E-state index is 10.6. The third kappa shape index (κ3) is 7.91. The van der Waals surface area contributed by atoms with E-state index in [0.717, 1.165) is 6.26 Å². The molecule has 0 aromatic heterocycles. The molecule has 0 radical (unpaired) electrons. The Balaban J connectivity index is 0. The monoisotopic (exact) mass is 159 g/mol. The van der Waals surface area contributed by atoms with E-state index in [-0.39, 0.29) is 12.5 Å². The Bertz CT molecular complexity index is 193. The lowest BCUT2D eigenvalue weighted by Gasteiger charge is -2.03. The Labute approximate surface area is 61.1 Å². The molecular weight excluding hydrogens is 138 g/mol. The van der Waals surface area contributed by atoms with Crippen LogP contribution in [0.25, 0.3) is 0 Å². The van der Waals surface area contributed by atoms with Crippen LogP contribution in [0.5, 0.6) is 0 Å². The Kier molecular flexibility index (Phi) is 2.00. The van der Waals surface area contributed by atoms with Crippen molar-refractivity contribution in [3.63, 3.8) is 0 Å². The zero-order valence-electron chi connectivity index (χ0n) is 8.96. The highest BCUT2D eigenvalue weighted by atomic mass is 32.2. The number of rotatable bonds is 3. The summed E-state index contributed by atoms with van der Waals surface area (Å²) >= 11 is 0. The van der Waals surface area contributed by atoms with Crippen LogP contribution >= 0.6 is 0 Å². The van der Waals surface area contributed by atoms with Crippen molar-refractivity contribution in [1.29, 1.82) is 0 Å². The van der Waals surface area contributed by atoms with Crippen molar-refractivity contribution < 1.29 is 12.8 Å². The first-order valence-corrected chi connectivity index (χ1v) is 4.65. The lowest BCUT2D eigenvalue weighted by Crippen LogP contribution is -2.25. The van der Waals surface area contributed by atoms with Crippen molar-refractivity contribution in [2.75, 3.05) is 12.8 Å². The van der Waals surface area contributed by atoms with Gasteiger partial charge in [-0.05, 0) is 5.92 Å². The van der Waals surface area contributed by atoms with Gasteiger partial charge in [0.1, 0.15) is 1.41 Å². The molecule has 0 unspecified atom stereocenters. The molecule has 58 valence electrons. The molecular formula is C5H15NO2S. The van der Waals surface area contributed by atoms with Gasteiger partial charge in [-0.3, -0.25) is 0 Å². The first-order valence-electron chi connectivity index (χ1n) is 4.25. The molecule has 9 heavy (non-hydrogen) atoms. The van der Waals surface area contributed by atoms with E-state index < -0.39 is 10.0 Å². The smallest absolute Gasteiger partial charge is 0.208 e. The molecule has 0 aliphatic carbocycles. The normalized spacial score (nSPS) is 15.4. The SMILES string of the molecule is [3H]N(CC(C)C)S(C)(=O)=O.[3H][3H]. The zero-order chi connectivity index (χ0) is 10.4. The minimum absolute atomic E-state index is 0.201. The minimum atomic E-state index is -3.30. The van der Waals surface area contributed by atoms with Crippen LogP contribution in [0.1, 0.15) is 16.8 Å². The molecule has 0 aliphatic rings. The van der Waals surface area contributed by atoms with Gasteiger partial charge in [-0.25, -0.2) is 13.1 Å². The minimum Gasteiger partial charge on any atom is -0.215 e. The maximum Gasteiger partial charge on any atom is 0.208 e. The predicted molar refractivity (Wildman–Crippen MR) is 39.8 cm³/mol. The van der Waals surface area contributed by atoms with Gasteiger partial charge in [0.2, 0.25) is 10.0 Å². The van der Waals surface area contributed by atoms with E-state index in [4.69, 9.17) is 4.38 Å². The first-order chi connectivity index (χ1) is 5.34. The summed E-state index contributed by atoms with van der Waals surface area (Å²) in [6, 6.07) is 0. The summed E-state index contributed by atoms with van der Waals surface area (Å²) in [5, 5.41) is 0. The van der Waals surface area contributed by atoms with Gasteiger partial charge < -0.3 is 0 Å². The molecule has 0 saturated heterocycles. The number of hydrogen-bond acceptors (Lipinski definition) is 2. The highest BCUT2D eigenvalue weighted by Crippen LogP contribution is 1.87. The highest BCUT2D eigenvalue weighted by Gasteiger charge is 2.00. The Morgan fingerprint density at radius 2 is 2.33 bits per heavy atom. The fourth-order valence-electron chi connectivity index (χ4n) is 0.284. The molecule has 0 atom stereocenters. The van der Waals surface area contributed by atoms with Gasteiger partial charge in [0, 0.05) is 9.51 Å². The molecule has 0 fully saturated rings. The van der Waals surface area contributed by atoms with E-state index in [9.17, 15) is 8.42 Å². The molecule has 0 aromatic carbocycles. The van der Waals surface area contributed by atoms with Crippen LogP contribution < -0.4 is 4.72 Å². The van der Waals surface area contributed by atoms with E-state index in [1.54, 1.807) is 0 Å². The predicted octanol–water partition coefficient (Wildman–Crippen LogP) is 0.438. The largest absolute Gasteiger partial charge is 0.215 e. The second-order valence-electron chi connectivity index (χ2n) is 2.44. The summed E-state index contributed by atoms with van der Waals surface area (Å²) < 4.78 is 38.8. The average molecular weight is 159 g/mol. The fraction of sp³-hybridized carbons (Fsp3) is 1.00. The van der Waals surface area contributed by atoms with Crippen molar-refractivity contribution >= 4 is 10.0 Å². The summed E-state index contributed by atoms with van der Waals surface area (Å²) in [7, 11) is -3.30. The number of hydrogen-bond donors (Lipinski definition) is 1. The molecule has 0 heterocycles. The lowest BCUT2D eigenvalue weighted by atomic mass is 10.2. The van der Waals surface area contributed by atoms with Crippen LogP contribution in [0.15, 0.2) is 0 Å². The molecule has 3 nitrogen and oxygen atoms in total. The summed E-state index contributed by atoms with van der Waals surface area (Å²) in [6.07, 6.45) is 1.03. The summed E-state index contributed by atoms with van der Waals surface area (Å²) in [4.78, 5) is 0. The Morgan fingerprint density at radius 1 is 1.89 bits per heavy atom. The zero-order valence-corrected chi connectivity index (χ0v) is 6.77. The molecule has 4 heteroatoms. The maximum absolute atomic E-state index is 10.6. The van der Waals surface area contributed by atoms with Gasteiger partial charge in [0.15, 0.2) is 0 Å². The van der Waals surface area contributed by atoms with Crippen LogP contribution in [0, 0.1) is 5.92 Å². The third-order valence-corrected chi connectivity index (χ3v) is 1.29. The van der Waals surface area contributed by atoms with Gasteiger partial charge in [-0.2, -0.15) is 0 Å². The topological polar surface area (TPSA) is 46.2 Å². The molecule has 0 spiro atoms. The van der Waals surface area contributed by atoms with Crippen molar-refractivity contribution in [2.24, 2.45) is 5.92 Å². The standard InChI is InChI=1S/C5H13NO2S.H2/c1-5(2)4-6-9(3,7)8;/h5-6H,4H2,1-3H3;1H/i;1+2T/hT. The van der Waals surface area contributed by atoms with Crippen molar-refractivity contribution in [2.45, 2.75) is 13.8 Å². The van der Waals surface area contributed by atoms with Gasteiger partial charge in [-0.1, -0.05) is 13.8 Å². The average Bonchev–Trinajstić information content (AvgIpc) is 1.88. The molecule has 0 aromatic rings. The van der Waals surface area contributed by atoms with Crippen LogP contribution in [0.3, 0.4) is 0 Å². The van der Waals surface area contributed by atoms with Crippen molar-refractivity contribution in [3.05, 3.63) is 0 Å². The van der Waals surface area contributed by atoms with Gasteiger partial charge in [0.25, 0.3) is 0 Å². The van der Waals surface area contributed by atoms with Crippen LogP contribution in [0.4, 0.5) is 0 Å². The van der Waals surface area contributed by atoms with E-state index >= 15 is 0 Å². The van der Waals surface area contributed by atoms with Gasteiger partial charge >= 0.3 is 0 Å². The second-order valence-corrected chi connectivity index (χ2v) is 4.16. The Morgan fingerprint density at radius 3 is 2.44 bits per heavy atom.